The molecule has 0 bridgehead atoms. The van der Waals surface area contributed by atoms with Crippen LogP contribution in [0.3, 0.4) is 0 Å². The summed E-state index contributed by atoms with van der Waals surface area (Å²) in [5, 5.41) is 8.33. The Balaban J connectivity index is 1.53. The van der Waals surface area contributed by atoms with Gasteiger partial charge in [0.15, 0.2) is 0 Å². The number of piperazine rings is 1. The van der Waals surface area contributed by atoms with E-state index in [1.807, 2.05) is 60.4 Å². The van der Waals surface area contributed by atoms with E-state index in [0.29, 0.717) is 24.5 Å². The van der Waals surface area contributed by atoms with E-state index >= 15 is 0 Å². The third kappa shape index (κ3) is 3.89. The third-order valence-corrected chi connectivity index (χ3v) is 5.46. The summed E-state index contributed by atoms with van der Waals surface area (Å²) in [5.41, 5.74) is 4.06. The fourth-order valence-electron chi connectivity index (χ4n) is 3.09. The number of nitrogens with one attached hydrogen (secondary N) is 2. The number of thiazole rings is 1. The molecule has 0 spiro atoms. The predicted molar refractivity (Wildman–Crippen MR) is 112 cm³/mol. The van der Waals surface area contributed by atoms with Crippen LogP contribution in [0.1, 0.15) is 16.1 Å². The summed E-state index contributed by atoms with van der Waals surface area (Å²) in [6.07, 6.45) is 0. The first kappa shape index (κ1) is 18.2. The highest BCUT2D eigenvalue weighted by Gasteiger charge is 2.20. The van der Waals surface area contributed by atoms with Gasteiger partial charge in [0.1, 0.15) is 10.7 Å². The van der Waals surface area contributed by atoms with E-state index in [1.54, 1.807) is 5.38 Å². The van der Waals surface area contributed by atoms with E-state index in [1.165, 1.54) is 16.9 Å². The summed E-state index contributed by atoms with van der Waals surface area (Å²) in [4.78, 5) is 30.9. The molecule has 2 heterocycles. The molecule has 0 unspecified atom stereocenters. The van der Waals surface area contributed by atoms with Crippen LogP contribution in [0.4, 0.5) is 11.4 Å². The largest absolute Gasteiger partial charge is 0.359 e. The van der Waals surface area contributed by atoms with Crippen LogP contribution in [0.5, 0.6) is 0 Å². The Morgan fingerprint density at radius 2 is 1.96 bits per heavy atom. The first-order chi connectivity index (χ1) is 13.6. The van der Waals surface area contributed by atoms with Gasteiger partial charge in [-0.3, -0.25) is 9.59 Å². The minimum absolute atomic E-state index is 0.0189. The number of carbonyl (C=O) groups is 2. The number of amides is 2. The lowest BCUT2D eigenvalue weighted by Crippen LogP contribution is -2.47. The van der Waals surface area contributed by atoms with E-state index in [4.69, 9.17) is 0 Å². The van der Waals surface area contributed by atoms with E-state index in [9.17, 15) is 9.59 Å². The molecule has 4 rings (SSSR count). The van der Waals surface area contributed by atoms with Crippen LogP contribution in [-0.2, 0) is 4.79 Å². The number of carbonyl (C=O) groups excluding carboxylic acids is 2. The van der Waals surface area contributed by atoms with Crippen molar-refractivity contribution in [3.63, 3.8) is 0 Å². The van der Waals surface area contributed by atoms with Gasteiger partial charge >= 0.3 is 0 Å². The van der Waals surface area contributed by atoms with Gasteiger partial charge in [-0.05, 0) is 19.1 Å². The zero-order valence-corrected chi connectivity index (χ0v) is 16.3. The fraction of sp³-hybridized carbons (Fsp3) is 0.190. The lowest BCUT2D eigenvalue weighted by atomic mass is 10.2. The van der Waals surface area contributed by atoms with Crippen molar-refractivity contribution < 1.29 is 9.59 Å². The van der Waals surface area contributed by atoms with Crippen molar-refractivity contribution in [3.05, 3.63) is 65.2 Å². The molecule has 0 aliphatic carbocycles. The van der Waals surface area contributed by atoms with Gasteiger partial charge in [-0.15, -0.1) is 11.3 Å². The van der Waals surface area contributed by atoms with Crippen LogP contribution in [0.2, 0.25) is 0 Å². The first-order valence-electron chi connectivity index (χ1n) is 9.05. The molecule has 2 aromatic carbocycles. The van der Waals surface area contributed by atoms with Crippen LogP contribution in [0.25, 0.3) is 10.6 Å². The Labute approximate surface area is 167 Å². The molecule has 7 heteroatoms. The molecule has 0 atom stereocenters. The van der Waals surface area contributed by atoms with Gasteiger partial charge in [-0.1, -0.05) is 42.0 Å². The molecule has 0 radical (unpaired) electrons. The summed E-state index contributed by atoms with van der Waals surface area (Å²) in [6.45, 7) is 3.61. The summed E-state index contributed by atoms with van der Waals surface area (Å²) in [6, 6.07) is 15.6. The normalized spacial score (nSPS) is 13.9. The van der Waals surface area contributed by atoms with Crippen LogP contribution in [0.15, 0.2) is 53.9 Å². The molecule has 1 fully saturated rings. The second kappa shape index (κ2) is 7.82. The van der Waals surface area contributed by atoms with Crippen LogP contribution in [-0.4, -0.2) is 36.4 Å². The molecule has 0 saturated carbocycles. The minimum atomic E-state index is -0.261. The standard InChI is InChI=1S/C21H20N4O2S/c1-14-6-8-15(9-7-14)21-24-17(13-28-21)20(27)23-16-4-2-3-5-18(16)25-11-10-22-19(26)12-25/h2-9,13H,10-12H2,1H3,(H,22,26)(H,23,27). The van der Waals surface area contributed by atoms with Crippen molar-refractivity contribution in [1.29, 1.82) is 0 Å². The molecule has 1 aliphatic rings. The number of benzene rings is 2. The number of hydrogen-bond donors (Lipinski definition) is 2. The van der Waals surface area contributed by atoms with Crippen LogP contribution in [0, 0.1) is 6.92 Å². The number of aryl methyl sites for hydroxylation is 1. The van der Waals surface area contributed by atoms with E-state index < -0.39 is 0 Å². The summed E-state index contributed by atoms with van der Waals surface area (Å²) >= 11 is 1.44. The van der Waals surface area contributed by atoms with E-state index in [0.717, 1.165) is 16.3 Å². The molecule has 1 aromatic heterocycles. The minimum Gasteiger partial charge on any atom is -0.359 e. The zero-order valence-electron chi connectivity index (χ0n) is 15.4. The van der Waals surface area contributed by atoms with Crippen molar-refractivity contribution in [3.8, 4) is 10.6 Å². The molecule has 6 nitrogen and oxygen atoms in total. The van der Waals surface area contributed by atoms with Gasteiger partial charge < -0.3 is 15.5 Å². The number of hydrogen-bond acceptors (Lipinski definition) is 5. The average Bonchev–Trinajstić information content (AvgIpc) is 3.19. The van der Waals surface area contributed by atoms with Crippen LogP contribution >= 0.6 is 11.3 Å². The number of nitrogens with zero attached hydrogens (tertiary/aromatic N) is 2. The highest BCUT2D eigenvalue weighted by atomic mass is 32.1. The number of aromatic nitrogens is 1. The second-order valence-corrected chi connectivity index (χ2v) is 7.50. The van der Waals surface area contributed by atoms with Gasteiger partial charge in [0.25, 0.3) is 5.91 Å². The Morgan fingerprint density at radius 3 is 2.75 bits per heavy atom. The second-order valence-electron chi connectivity index (χ2n) is 6.65. The molecule has 142 valence electrons. The van der Waals surface area contributed by atoms with Crippen molar-refractivity contribution in [2.45, 2.75) is 6.92 Å². The van der Waals surface area contributed by atoms with Gasteiger partial charge in [0, 0.05) is 24.0 Å². The molecule has 1 saturated heterocycles. The SMILES string of the molecule is Cc1ccc(-c2nc(C(=O)Nc3ccccc3N3CCNC(=O)C3)cs2)cc1. The van der Waals surface area contributed by atoms with Crippen molar-refractivity contribution >= 4 is 34.5 Å². The monoisotopic (exact) mass is 392 g/mol. The van der Waals surface area contributed by atoms with Crippen molar-refractivity contribution in [1.82, 2.24) is 10.3 Å². The zero-order chi connectivity index (χ0) is 19.5. The molecule has 3 aromatic rings. The molecular weight excluding hydrogens is 372 g/mol. The summed E-state index contributed by atoms with van der Waals surface area (Å²) < 4.78 is 0. The molecule has 1 aliphatic heterocycles. The molecule has 28 heavy (non-hydrogen) atoms. The Morgan fingerprint density at radius 1 is 1.18 bits per heavy atom. The maximum absolute atomic E-state index is 12.7. The van der Waals surface area contributed by atoms with Crippen molar-refractivity contribution in [2.75, 3.05) is 29.9 Å². The van der Waals surface area contributed by atoms with E-state index in [2.05, 4.69) is 15.6 Å². The summed E-state index contributed by atoms with van der Waals surface area (Å²) in [7, 11) is 0. The number of anilines is 2. The smallest absolute Gasteiger partial charge is 0.275 e. The lowest BCUT2D eigenvalue weighted by Gasteiger charge is -2.30. The number of rotatable bonds is 4. The molecule has 2 N–H and O–H groups in total. The van der Waals surface area contributed by atoms with Gasteiger partial charge in [0.05, 0.1) is 17.9 Å². The average molecular weight is 392 g/mol. The maximum atomic E-state index is 12.7. The van der Waals surface area contributed by atoms with Gasteiger partial charge in [-0.2, -0.15) is 0 Å². The Bertz CT molecular complexity index is 1010. The molecule has 2 amide bonds. The maximum Gasteiger partial charge on any atom is 0.275 e. The lowest BCUT2D eigenvalue weighted by molar-refractivity contribution is -0.120. The quantitative estimate of drug-likeness (QED) is 0.714. The highest BCUT2D eigenvalue weighted by Crippen LogP contribution is 2.28. The van der Waals surface area contributed by atoms with Crippen molar-refractivity contribution in [2.24, 2.45) is 0 Å². The Kier molecular flexibility index (Phi) is 5.08. The summed E-state index contributed by atoms with van der Waals surface area (Å²) in [5.74, 6) is -0.279. The Hall–Kier alpha value is -3.19. The first-order valence-corrected chi connectivity index (χ1v) is 9.93. The molecular formula is C21H20N4O2S. The third-order valence-electron chi connectivity index (χ3n) is 4.57. The van der Waals surface area contributed by atoms with Gasteiger partial charge in [0.2, 0.25) is 5.91 Å². The topological polar surface area (TPSA) is 74.3 Å². The predicted octanol–water partition coefficient (Wildman–Crippen LogP) is 3.31. The fourth-order valence-corrected chi connectivity index (χ4v) is 3.90. The van der Waals surface area contributed by atoms with E-state index in [-0.39, 0.29) is 18.4 Å². The van der Waals surface area contributed by atoms with Gasteiger partial charge in [-0.25, -0.2) is 4.98 Å². The number of para-hydroxylation sites is 2. The highest BCUT2D eigenvalue weighted by molar-refractivity contribution is 7.13. The van der Waals surface area contributed by atoms with Crippen LogP contribution < -0.4 is 15.5 Å².